The summed E-state index contributed by atoms with van der Waals surface area (Å²) in [5.41, 5.74) is 0.507. The van der Waals surface area contributed by atoms with Gasteiger partial charge < -0.3 is 5.32 Å². The van der Waals surface area contributed by atoms with Gasteiger partial charge in [-0.3, -0.25) is 4.72 Å². The Hall–Kier alpha value is -1.42. The number of nitrogens with one attached hydrogen (secondary N) is 2. The molecule has 0 saturated carbocycles. The van der Waals surface area contributed by atoms with Gasteiger partial charge in [0.2, 0.25) is 5.95 Å². The van der Waals surface area contributed by atoms with Gasteiger partial charge in [0.15, 0.2) is 0 Å². The van der Waals surface area contributed by atoms with Gasteiger partial charge in [-0.2, -0.15) is 0 Å². The highest BCUT2D eigenvalue weighted by molar-refractivity contribution is 14.1. The third-order valence-corrected chi connectivity index (χ3v) is 4.36. The lowest BCUT2D eigenvalue weighted by atomic mass is 10.3. The van der Waals surface area contributed by atoms with Crippen molar-refractivity contribution >= 4 is 44.2 Å². The molecule has 0 spiro atoms. The van der Waals surface area contributed by atoms with Gasteiger partial charge in [0.25, 0.3) is 10.0 Å². The molecule has 0 aliphatic carbocycles. The van der Waals surface area contributed by atoms with E-state index < -0.39 is 10.0 Å². The standard InChI is InChI=1S/C12H13IN4O2S/c1-2-14-12-15-7-11(8-16-12)20(18,19)17-10-5-3-4-9(13)6-10/h3-8,17H,2H2,1H3,(H,14,15,16). The lowest BCUT2D eigenvalue weighted by Gasteiger charge is -2.08. The van der Waals surface area contributed by atoms with E-state index in [1.54, 1.807) is 18.2 Å². The second-order valence-electron chi connectivity index (χ2n) is 3.89. The summed E-state index contributed by atoms with van der Waals surface area (Å²) >= 11 is 2.12. The zero-order valence-corrected chi connectivity index (χ0v) is 13.6. The van der Waals surface area contributed by atoms with E-state index in [-0.39, 0.29) is 4.90 Å². The molecule has 0 aliphatic heterocycles. The van der Waals surface area contributed by atoms with Gasteiger partial charge in [-0.25, -0.2) is 18.4 Å². The number of sulfonamides is 1. The molecule has 20 heavy (non-hydrogen) atoms. The highest BCUT2D eigenvalue weighted by Gasteiger charge is 2.15. The summed E-state index contributed by atoms with van der Waals surface area (Å²) < 4.78 is 27.8. The van der Waals surface area contributed by atoms with Crippen LogP contribution < -0.4 is 10.0 Å². The lowest BCUT2D eigenvalue weighted by molar-refractivity contribution is 0.600. The maximum atomic E-state index is 12.2. The van der Waals surface area contributed by atoms with Crippen molar-refractivity contribution in [1.29, 1.82) is 0 Å². The Kier molecular flexibility index (Phi) is 4.76. The fourth-order valence-electron chi connectivity index (χ4n) is 1.47. The van der Waals surface area contributed by atoms with Gasteiger partial charge in [0.05, 0.1) is 12.4 Å². The molecule has 1 heterocycles. The van der Waals surface area contributed by atoms with Crippen LogP contribution in [0.15, 0.2) is 41.6 Å². The molecular weight excluding hydrogens is 391 g/mol. The minimum absolute atomic E-state index is 0.0259. The zero-order valence-electron chi connectivity index (χ0n) is 10.7. The molecule has 2 aromatic rings. The second-order valence-corrected chi connectivity index (χ2v) is 6.82. The summed E-state index contributed by atoms with van der Waals surface area (Å²) in [5.74, 6) is 0.403. The maximum Gasteiger partial charge on any atom is 0.264 e. The Balaban J connectivity index is 2.21. The summed E-state index contributed by atoms with van der Waals surface area (Å²) in [6.07, 6.45) is 2.56. The SMILES string of the molecule is CCNc1ncc(S(=O)(=O)Nc2cccc(I)c2)cn1. The van der Waals surface area contributed by atoms with E-state index in [0.29, 0.717) is 18.2 Å². The van der Waals surface area contributed by atoms with Gasteiger partial charge in [-0.1, -0.05) is 6.07 Å². The first-order valence-electron chi connectivity index (χ1n) is 5.85. The van der Waals surface area contributed by atoms with E-state index in [9.17, 15) is 8.42 Å². The molecular formula is C12H13IN4O2S. The van der Waals surface area contributed by atoms with E-state index in [1.807, 2.05) is 13.0 Å². The van der Waals surface area contributed by atoms with Crippen molar-refractivity contribution in [2.24, 2.45) is 0 Å². The van der Waals surface area contributed by atoms with E-state index in [2.05, 4.69) is 42.6 Å². The van der Waals surface area contributed by atoms with E-state index in [1.165, 1.54) is 12.4 Å². The molecule has 1 aromatic carbocycles. The first-order valence-corrected chi connectivity index (χ1v) is 8.42. The van der Waals surface area contributed by atoms with E-state index in [0.717, 1.165) is 3.57 Å². The highest BCUT2D eigenvalue weighted by atomic mass is 127. The van der Waals surface area contributed by atoms with Crippen LogP contribution in [-0.4, -0.2) is 24.9 Å². The molecule has 1 aromatic heterocycles. The predicted molar refractivity (Wildman–Crippen MR) is 86.2 cm³/mol. The first-order chi connectivity index (χ1) is 9.51. The molecule has 2 rings (SSSR count). The number of hydrogen-bond acceptors (Lipinski definition) is 5. The van der Waals surface area contributed by atoms with Crippen molar-refractivity contribution in [3.63, 3.8) is 0 Å². The Morgan fingerprint density at radius 2 is 1.95 bits per heavy atom. The molecule has 0 atom stereocenters. The Bertz CT molecular complexity index is 689. The van der Waals surface area contributed by atoms with Gasteiger partial charge in [-0.05, 0) is 47.7 Å². The minimum atomic E-state index is -3.67. The number of halogens is 1. The summed E-state index contributed by atoms with van der Waals surface area (Å²) in [4.78, 5) is 7.93. The number of hydrogen-bond donors (Lipinski definition) is 2. The molecule has 8 heteroatoms. The fourth-order valence-corrected chi connectivity index (χ4v) is 2.95. The number of rotatable bonds is 5. The quantitative estimate of drug-likeness (QED) is 0.748. The number of aromatic nitrogens is 2. The van der Waals surface area contributed by atoms with Crippen LogP contribution in [-0.2, 0) is 10.0 Å². The second kappa shape index (κ2) is 6.35. The Labute approximate surface area is 131 Å². The molecule has 2 N–H and O–H groups in total. The number of anilines is 2. The highest BCUT2D eigenvalue weighted by Crippen LogP contribution is 2.17. The summed E-state index contributed by atoms with van der Waals surface area (Å²) in [6.45, 7) is 2.58. The molecule has 0 bridgehead atoms. The van der Waals surface area contributed by atoms with Crippen LogP contribution >= 0.6 is 22.6 Å². The van der Waals surface area contributed by atoms with Crippen molar-refractivity contribution in [1.82, 2.24) is 9.97 Å². The maximum absolute atomic E-state index is 12.2. The topological polar surface area (TPSA) is 84.0 Å². The predicted octanol–water partition coefficient (Wildman–Crippen LogP) is 2.31. The first kappa shape index (κ1) is 15.0. The average molecular weight is 404 g/mol. The van der Waals surface area contributed by atoms with Crippen LogP contribution in [0.3, 0.4) is 0 Å². The van der Waals surface area contributed by atoms with E-state index >= 15 is 0 Å². The van der Waals surface area contributed by atoms with Crippen LogP contribution in [0.1, 0.15) is 6.92 Å². The molecule has 0 amide bonds. The van der Waals surface area contributed by atoms with Crippen LogP contribution in [0.2, 0.25) is 0 Å². The molecule has 0 aliphatic rings. The van der Waals surface area contributed by atoms with Gasteiger partial charge >= 0.3 is 0 Å². The Morgan fingerprint density at radius 1 is 1.25 bits per heavy atom. The smallest absolute Gasteiger partial charge is 0.264 e. The largest absolute Gasteiger partial charge is 0.355 e. The van der Waals surface area contributed by atoms with Gasteiger partial charge in [0, 0.05) is 15.8 Å². The monoisotopic (exact) mass is 404 g/mol. The number of benzene rings is 1. The van der Waals surface area contributed by atoms with Crippen LogP contribution in [0.5, 0.6) is 0 Å². The van der Waals surface area contributed by atoms with Crippen LogP contribution in [0, 0.1) is 3.57 Å². The van der Waals surface area contributed by atoms with Crippen LogP contribution in [0.25, 0.3) is 0 Å². The lowest BCUT2D eigenvalue weighted by Crippen LogP contribution is -2.14. The third-order valence-electron chi connectivity index (χ3n) is 2.35. The number of nitrogens with zero attached hydrogens (tertiary/aromatic N) is 2. The summed E-state index contributed by atoms with van der Waals surface area (Å²) in [5, 5.41) is 2.90. The van der Waals surface area contributed by atoms with Crippen molar-refractivity contribution in [3.8, 4) is 0 Å². The molecule has 6 nitrogen and oxygen atoms in total. The van der Waals surface area contributed by atoms with Gasteiger partial charge in [0.1, 0.15) is 4.90 Å². The molecule has 106 valence electrons. The van der Waals surface area contributed by atoms with Crippen molar-refractivity contribution in [2.75, 3.05) is 16.6 Å². The Morgan fingerprint density at radius 3 is 2.55 bits per heavy atom. The average Bonchev–Trinajstić information content (AvgIpc) is 2.39. The fraction of sp³-hybridized carbons (Fsp3) is 0.167. The normalized spacial score (nSPS) is 11.1. The van der Waals surface area contributed by atoms with Crippen LogP contribution in [0.4, 0.5) is 11.6 Å². The third kappa shape index (κ3) is 3.79. The molecule has 0 saturated heterocycles. The van der Waals surface area contributed by atoms with Gasteiger partial charge in [-0.15, -0.1) is 0 Å². The minimum Gasteiger partial charge on any atom is -0.355 e. The zero-order chi connectivity index (χ0) is 14.6. The van der Waals surface area contributed by atoms with Crippen molar-refractivity contribution in [3.05, 3.63) is 40.2 Å². The molecule has 0 radical (unpaired) electrons. The van der Waals surface area contributed by atoms with E-state index in [4.69, 9.17) is 0 Å². The van der Waals surface area contributed by atoms with Crippen molar-refractivity contribution in [2.45, 2.75) is 11.8 Å². The van der Waals surface area contributed by atoms with Crippen molar-refractivity contribution < 1.29 is 8.42 Å². The summed E-state index contributed by atoms with van der Waals surface area (Å²) in [7, 11) is -3.67. The molecule has 0 unspecified atom stereocenters. The molecule has 0 fully saturated rings. The summed E-state index contributed by atoms with van der Waals surface area (Å²) in [6, 6.07) is 7.09.